The Morgan fingerprint density at radius 2 is 1.96 bits per heavy atom. The number of sulfonamides is 1. The highest BCUT2D eigenvalue weighted by Crippen LogP contribution is 2.37. The van der Waals surface area contributed by atoms with E-state index in [9.17, 15) is 8.42 Å². The SMILES string of the molecule is Cc1ccc(-c2nnc([C@H]3CCCN3S(=O)(=O)c3ccccc3)o2)s1. The molecule has 8 heteroatoms. The minimum absolute atomic E-state index is 0.288. The van der Waals surface area contributed by atoms with Gasteiger partial charge in [0.15, 0.2) is 0 Å². The Morgan fingerprint density at radius 1 is 1.16 bits per heavy atom. The van der Waals surface area contributed by atoms with Crippen molar-refractivity contribution in [2.24, 2.45) is 0 Å². The fraction of sp³-hybridized carbons (Fsp3) is 0.294. The number of rotatable bonds is 4. The third-order valence-corrected chi connectivity index (χ3v) is 7.14. The minimum Gasteiger partial charge on any atom is -0.418 e. The van der Waals surface area contributed by atoms with E-state index in [0.717, 1.165) is 16.2 Å². The van der Waals surface area contributed by atoms with Crippen LogP contribution < -0.4 is 0 Å². The van der Waals surface area contributed by atoms with E-state index in [0.29, 0.717) is 24.7 Å². The summed E-state index contributed by atoms with van der Waals surface area (Å²) in [5.41, 5.74) is 0. The van der Waals surface area contributed by atoms with E-state index >= 15 is 0 Å². The molecule has 25 heavy (non-hydrogen) atoms. The average molecular weight is 375 g/mol. The smallest absolute Gasteiger partial charge is 0.257 e. The molecular weight excluding hydrogens is 358 g/mol. The monoisotopic (exact) mass is 375 g/mol. The fourth-order valence-corrected chi connectivity index (χ4v) is 5.48. The first-order valence-electron chi connectivity index (χ1n) is 8.03. The summed E-state index contributed by atoms with van der Waals surface area (Å²) in [6, 6.07) is 12.0. The summed E-state index contributed by atoms with van der Waals surface area (Å²) in [6.07, 6.45) is 1.45. The Balaban J connectivity index is 1.65. The molecule has 0 radical (unpaired) electrons. The molecule has 0 aliphatic carbocycles. The van der Waals surface area contributed by atoms with Gasteiger partial charge in [0.1, 0.15) is 6.04 Å². The van der Waals surface area contributed by atoms with E-state index < -0.39 is 16.1 Å². The van der Waals surface area contributed by atoms with Crippen molar-refractivity contribution in [3.05, 3.63) is 53.2 Å². The second-order valence-electron chi connectivity index (χ2n) is 5.94. The first-order chi connectivity index (χ1) is 12.1. The van der Waals surface area contributed by atoms with Crippen LogP contribution >= 0.6 is 11.3 Å². The zero-order chi connectivity index (χ0) is 17.4. The van der Waals surface area contributed by atoms with E-state index in [2.05, 4.69) is 10.2 Å². The lowest BCUT2D eigenvalue weighted by atomic mass is 10.2. The predicted molar refractivity (Wildman–Crippen MR) is 94.7 cm³/mol. The van der Waals surface area contributed by atoms with E-state index in [1.165, 1.54) is 4.31 Å². The van der Waals surface area contributed by atoms with Crippen molar-refractivity contribution in [2.75, 3.05) is 6.54 Å². The maximum atomic E-state index is 12.9. The zero-order valence-corrected chi connectivity index (χ0v) is 15.3. The lowest BCUT2D eigenvalue weighted by molar-refractivity contribution is 0.332. The molecule has 1 fully saturated rings. The van der Waals surface area contributed by atoms with Crippen LogP contribution in [0.5, 0.6) is 0 Å². The highest BCUT2D eigenvalue weighted by molar-refractivity contribution is 7.89. The summed E-state index contributed by atoms with van der Waals surface area (Å²) in [5.74, 6) is 0.801. The van der Waals surface area contributed by atoms with Crippen molar-refractivity contribution >= 4 is 21.4 Å². The molecule has 1 saturated heterocycles. The minimum atomic E-state index is -3.58. The summed E-state index contributed by atoms with van der Waals surface area (Å²) >= 11 is 1.57. The summed E-state index contributed by atoms with van der Waals surface area (Å²) in [6.45, 7) is 2.47. The zero-order valence-electron chi connectivity index (χ0n) is 13.6. The number of hydrogen-bond donors (Lipinski definition) is 0. The van der Waals surface area contributed by atoms with Crippen LogP contribution in [0.25, 0.3) is 10.8 Å². The number of aryl methyl sites for hydroxylation is 1. The van der Waals surface area contributed by atoms with Crippen molar-refractivity contribution in [1.82, 2.24) is 14.5 Å². The lowest BCUT2D eigenvalue weighted by Crippen LogP contribution is -2.30. The van der Waals surface area contributed by atoms with Gasteiger partial charge in [-0.05, 0) is 44.0 Å². The molecule has 4 rings (SSSR count). The molecule has 3 heterocycles. The number of benzene rings is 1. The van der Waals surface area contributed by atoms with Crippen LogP contribution in [0.2, 0.25) is 0 Å². The van der Waals surface area contributed by atoms with E-state index in [-0.39, 0.29) is 4.90 Å². The Morgan fingerprint density at radius 3 is 2.68 bits per heavy atom. The van der Waals surface area contributed by atoms with Crippen molar-refractivity contribution in [1.29, 1.82) is 0 Å². The van der Waals surface area contributed by atoms with Gasteiger partial charge < -0.3 is 4.42 Å². The molecule has 0 amide bonds. The molecule has 0 spiro atoms. The Kier molecular flexibility index (Phi) is 4.18. The molecular formula is C17H17N3O3S2. The van der Waals surface area contributed by atoms with Gasteiger partial charge in [0.2, 0.25) is 15.9 Å². The molecule has 0 N–H and O–H groups in total. The molecule has 130 valence electrons. The van der Waals surface area contributed by atoms with Crippen LogP contribution in [0.3, 0.4) is 0 Å². The first-order valence-corrected chi connectivity index (χ1v) is 10.3. The second kappa shape index (κ2) is 6.36. The van der Waals surface area contributed by atoms with Crippen LogP contribution in [0.4, 0.5) is 0 Å². The van der Waals surface area contributed by atoms with Crippen molar-refractivity contribution in [3.63, 3.8) is 0 Å². The molecule has 1 aliphatic rings. The topological polar surface area (TPSA) is 76.3 Å². The molecule has 0 bridgehead atoms. The third-order valence-electron chi connectivity index (χ3n) is 4.23. The van der Waals surface area contributed by atoms with Crippen LogP contribution in [-0.2, 0) is 10.0 Å². The Labute approximate surface area is 150 Å². The number of nitrogens with zero attached hydrogens (tertiary/aromatic N) is 3. The second-order valence-corrected chi connectivity index (χ2v) is 9.12. The average Bonchev–Trinajstić information content (AvgIpc) is 3.35. The van der Waals surface area contributed by atoms with Gasteiger partial charge in [-0.15, -0.1) is 21.5 Å². The van der Waals surface area contributed by atoms with Crippen LogP contribution in [0.15, 0.2) is 51.8 Å². The van der Waals surface area contributed by atoms with Gasteiger partial charge in [0.25, 0.3) is 5.89 Å². The molecule has 1 aliphatic heterocycles. The van der Waals surface area contributed by atoms with Crippen LogP contribution in [-0.4, -0.2) is 29.5 Å². The van der Waals surface area contributed by atoms with Crippen LogP contribution in [0, 0.1) is 6.92 Å². The normalized spacial score (nSPS) is 18.7. The molecule has 0 saturated carbocycles. The van der Waals surface area contributed by atoms with Crippen molar-refractivity contribution < 1.29 is 12.8 Å². The van der Waals surface area contributed by atoms with E-state index in [1.54, 1.807) is 41.7 Å². The largest absolute Gasteiger partial charge is 0.418 e. The van der Waals surface area contributed by atoms with Gasteiger partial charge >= 0.3 is 0 Å². The van der Waals surface area contributed by atoms with E-state index in [4.69, 9.17) is 4.42 Å². The van der Waals surface area contributed by atoms with Gasteiger partial charge in [0.05, 0.1) is 9.77 Å². The Hall–Kier alpha value is -2.03. The fourth-order valence-electron chi connectivity index (χ4n) is 3.02. The third kappa shape index (κ3) is 3.01. The number of aromatic nitrogens is 2. The van der Waals surface area contributed by atoms with Crippen molar-refractivity contribution in [2.45, 2.75) is 30.7 Å². The van der Waals surface area contributed by atoms with Gasteiger partial charge in [-0.2, -0.15) is 4.31 Å². The molecule has 0 unspecified atom stereocenters. The maximum absolute atomic E-state index is 12.9. The van der Waals surface area contributed by atoms with Gasteiger partial charge in [-0.3, -0.25) is 0 Å². The predicted octanol–water partition coefficient (Wildman–Crippen LogP) is 3.63. The van der Waals surface area contributed by atoms with Crippen LogP contribution in [0.1, 0.15) is 29.7 Å². The Bertz CT molecular complexity index is 980. The molecule has 1 aromatic carbocycles. The van der Waals surface area contributed by atoms with E-state index in [1.807, 2.05) is 19.1 Å². The highest BCUT2D eigenvalue weighted by Gasteiger charge is 2.39. The standard InChI is InChI=1S/C17H17N3O3S2/c1-12-9-10-15(24-12)17-19-18-16(23-17)14-8-5-11-20(14)25(21,22)13-6-3-2-4-7-13/h2-4,6-7,9-10,14H,5,8,11H2,1H3/t14-/m1/s1. The van der Waals surface area contributed by atoms with Gasteiger partial charge in [-0.1, -0.05) is 18.2 Å². The van der Waals surface area contributed by atoms with Crippen molar-refractivity contribution in [3.8, 4) is 10.8 Å². The molecule has 1 atom stereocenters. The number of thiophene rings is 1. The first kappa shape index (κ1) is 16.4. The molecule has 3 aromatic rings. The van der Waals surface area contributed by atoms with Gasteiger partial charge in [0, 0.05) is 11.4 Å². The molecule has 2 aromatic heterocycles. The summed E-state index contributed by atoms with van der Waals surface area (Å²) in [5, 5.41) is 8.23. The summed E-state index contributed by atoms with van der Waals surface area (Å²) < 4.78 is 33.2. The van der Waals surface area contributed by atoms with Gasteiger partial charge in [-0.25, -0.2) is 8.42 Å². The summed E-state index contributed by atoms with van der Waals surface area (Å²) in [4.78, 5) is 2.34. The quantitative estimate of drug-likeness (QED) is 0.696. The number of hydrogen-bond acceptors (Lipinski definition) is 6. The maximum Gasteiger partial charge on any atom is 0.257 e. The summed E-state index contributed by atoms with van der Waals surface area (Å²) in [7, 11) is -3.58. The lowest BCUT2D eigenvalue weighted by Gasteiger charge is -2.21. The highest BCUT2D eigenvalue weighted by atomic mass is 32.2. The molecule has 6 nitrogen and oxygen atoms in total.